The van der Waals surface area contributed by atoms with Crippen molar-refractivity contribution in [3.63, 3.8) is 0 Å². The van der Waals surface area contributed by atoms with E-state index < -0.39 is 6.17 Å². The molecule has 178 valence electrons. The van der Waals surface area contributed by atoms with Crippen LogP contribution in [0.5, 0.6) is 5.88 Å². The van der Waals surface area contributed by atoms with E-state index >= 15 is 0 Å². The lowest BCUT2D eigenvalue weighted by atomic mass is 9.91. The van der Waals surface area contributed by atoms with Crippen LogP contribution in [0.25, 0.3) is 11.3 Å². The number of fused-ring (bicyclic) bond motifs is 1. The van der Waals surface area contributed by atoms with Gasteiger partial charge in [0.15, 0.2) is 0 Å². The van der Waals surface area contributed by atoms with E-state index in [9.17, 15) is 9.90 Å². The maximum atomic E-state index is 13.3. The molecule has 5 nitrogen and oxygen atoms in total. The van der Waals surface area contributed by atoms with E-state index in [0.717, 1.165) is 36.8 Å². The Balaban J connectivity index is 1.91. The van der Waals surface area contributed by atoms with E-state index in [1.54, 1.807) is 4.57 Å². The molecule has 2 heterocycles. The fraction of sp³-hybridized carbons (Fsp3) is 0.379. The van der Waals surface area contributed by atoms with Crippen molar-refractivity contribution in [2.45, 2.75) is 71.9 Å². The van der Waals surface area contributed by atoms with Crippen molar-refractivity contribution in [1.29, 1.82) is 0 Å². The smallest absolute Gasteiger partial charge is 0.280 e. The second kappa shape index (κ2) is 9.98. The lowest BCUT2D eigenvalue weighted by Gasteiger charge is -2.19. The summed E-state index contributed by atoms with van der Waals surface area (Å²) >= 11 is 0. The number of hydrogen-bond donors (Lipinski definition) is 2. The number of carbonyl (C=O) groups excluding carboxylic acids is 1. The number of aromatic hydroxyl groups is 1. The second-order valence-corrected chi connectivity index (χ2v) is 9.10. The van der Waals surface area contributed by atoms with Crippen molar-refractivity contribution in [1.82, 2.24) is 4.57 Å². The summed E-state index contributed by atoms with van der Waals surface area (Å²) in [5, 5.41) is 11.5. The number of nitrogens with two attached hydrogens (primary N) is 1. The van der Waals surface area contributed by atoms with Crippen LogP contribution in [0.4, 0.5) is 0 Å². The molecular formula is C29H35N3O2. The average Bonchev–Trinajstić information content (AvgIpc) is 3.35. The molecule has 0 spiro atoms. The fourth-order valence-electron chi connectivity index (χ4n) is 5.06. The summed E-state index contributed by atoms with van der Waals surface area (Å²) in [6.45, 7) is 8.54. The van der Waals surface area contributed by atoms with E-state index in [0.29, 0.717) is 34.9 Å². The third kappa shape index (κ3) is 4.09. The largest absolute Gasteiger partial charge is 0.494 e. The third-order valence-electron chi connectivity index (χ3n) is 7.01. The number of aryl methyl sites for hydroxylation is 1. The lowest BCUT2D eigenvalue weighted by Crippen LogP contribution is -2.19. The molecule has 5 heteroatoms. The van der Waals surface area contributed by atoms with Crippen LogP contribution in [-0.2, 0) is 6.42 Å². The van der Waals surface area contributed by atoms with E-state index in [2.05, 4.69) is 57.0 Å². The van der Waals surface area contributed by atoms with Crippen molar-refractivity contribution in [3.8, 4) is 17.1 Å². The zero-order valence-corrected chi connectivity index (χ0v) is 20.6. The molecule has 0 saturated heterocycles. The van der Waals surface area contributed by atoms with Gasteiger partial charge >= 0.3 is 0 Å². The fourth-order valence-corrected chi connectivity index (χ4v) is 5.06. The van der Waals surface area contributed by atoms with Crippen LogP contribution < -0.4 is 5.73 Å². The standard InChI is InChI=1S/C29H35N3O2/c1-5-10-23(30)32-27(20-15-13-18(6-2)14-16-20)25-24(29(32)34)26(31-28(25)33)22-12-9-11-21(17-22)19(7-3)8-4/h9,11-17,19,23,34H,5-8,10,30H2,1-4H3. The van der Waals surface area contributed by atoms with Gasteiger partial charge in [-0.25, -0.2) is 4.99 Å². The van der Waals surface area contributed by atoms with E-state index in [1.807, 2.05) is 24.3 Å². The molecule has 3 N–H and O–H groups in total. The maximum Gasteiger partial charge on any atom is 0.280 e. The zero-order chi connectivity index (χ0) is 24.4. The Morgan fingerprint density at radius 1 is 0.971 bits per heavy atom. The minimum atomic E-state index is -0.443. The number of benzene rings is 2. The minimum Gasteiger partial charge on any atom is -0.494 e. The number of rotatable bonds is 9. The number of amides is 1. The van der Waals surface area contributed by atoms with Crippen molar-refractivity contribution in [2.24, 2.45) is 10.7 Å². The summed E-state index contributed by atoms with van der Waals surface area (Å²) in [5.74, 6) is 0.134. The summed E-state index contributed by atoms with van der Waals surface area (Å²) in [7, 11) is 0. The third-order valence-corrected chi connectivity index (χ3v) is 7.01. The summed E-state index contributed by atoms with van der Waals surface area (Å²) in [5.41, 5.74) is 12.8. The van der Waals surface area contributed by atoms with Gasteiger partial charge < -0.3 is 10.8 Å². The van der Waals surface area contributed by atoms with Gasteiger partial charge in [0.1, 0.15) is 0 Å². The van der Waals surface area contributed by atoms with Gasteiger partial charge in [0.05, 0.1) is 28.7 Å². The normalized spacial score (nSPS) is 13.9. The molecular weight excluding hydrogens is 422 g/mol. The number of nitrogens with zero attached hydrogens (tertiary/aromatic N) is 2. The molecule has 0 saturated carbocycles. The number of hydrogen-bond acceptors (Lipinski definition) is 3. The maximum absolute atomic E-state index is 13.3. The van der Waals surface area contributed by atoms with E-state index in [-0.39, 0.29) is 11.8 Å². The highest BCUT2D eigenvalue weighted by Crippen LogP contribution is 2.43. The zero-order valence-electron chi connectivity index (χ0n) is 20.6. The van der Waals surface area contributed by atoms with Gasteiger partial charge in [-0.05, 0) is 54.4 Å². The monoisotopic (exact) mass is 457 g/mol. The van der Waals surface area contributed by atoms with Gasteiger partial charge in [0, 0.05) is 5.56 Å². The first-order chi connectivity index (χ1) is 16.4. The highest BCUT2D eigenvalue weighted by atomic mass is 16.3. The van der Waals surface area contributed by atoms with Crippen LogP contribution >= 0.6 is 0 Å². The summed E-state index contributed by atoms with van der Waals surface area (Å²) < 4.78 is 1.73. The van der Waals surface area contributed by atoms with Crippen LogP contribution in [0.1, 0.15) is 98.1 Å². The van der Waals surface area contributed by atoms with Gasteiger partial charge in [-0.1, -0.05) is 76.6 Å². The van der Waals surface area contributed by atoms with E-state index in [4.69, 9.17) is 5.73 Å². The van der Waals surface area contributed by atoms with E-state index in [1.165, 1.54) is 11.1 Å². The number of aromatic nitrogens is 1. The van der Waals surface area contributed by atoms with Crippen LogP contribution in [0.15, 0.2) is 53.5 Å². The van der Waals surface area contributed by atoms with Gasteiger partial charge in [-0.3, -0.25) is 9.36 Å². The van der Waals surface area contributed by atoms with Crippen LogP contribution in [-0.4, -0.2) is 21.3 Å². The first-order valence-corrected chi connectivity index (χ1v) is 12.5. The Kier molecular flexibility index (Phi) is 7.03. The predicted molar refractivity (Wildman–Crippen MR) is 139 cm³/mol. The van der Waals surface area contributed by atoms with Crippen LogP contribution in [0.3, 0.4) is 0 Å². The summed E-state index contributed by atoms with van der Waals surface area (Å²) in [4.78, 5) is 17.7. The topological polar surface area (TPSA) is 80.6 Å². The highest BCUT2D eigenvalue weighted by molar-refractivity contribution is 6.30. The van der Waals surface area contributed by atoms with Crippen molar-refractivity contribution >= 4 is 11.6 Å². The predicted octanol–water partition coefficient (Wildman–Crippen LogP) is 6.58. The molecule has 1 unspecified atom stereocenters. The second-order valence-electron chi connectivity index (χ2n) is 9.10. The number of carbonyl (C=O) groups is 1. The van der Waals surface area contributed by atoms with Gasteiger partial charge in [0.2, 0.25) is 5.88 Å². The quantitative estimate of drug-likeness (QED) is 0.381. The molecule has 0 aliphatic carbocycles. The Hall–Kier alpha value is -3.18. The molecule has 1 aliphatic rings. The molecule has 3 aromatic rings. The van der Waals surface area contributed by atoms with Crippen molar-refractivity contribution in [2.75, 3.05) is 0 Å². The minimum absolute atomic E-state index is 0.0167. The Morgan fingerprint density at radius 2 is 1.68 bits per heavy atom. The Morgan fingerprint density at radius 3 is 2.29 bits per heavy atom. The molecule has 1 aliphatic heterocycles. The molecule has 0 fully saturated rings. The molecule has 4 rings (SSSR count). The molecule has 1 amide bonds. The van der Waals surface area contributed by atoms with Gasteiger partial charge in [0.25, 0.3) is 5.91 Å². The molecule has 1 aromatic heterocycles. The SMILES string of the molecule is CCCC(N)n1c(O)c2c(c1-c1ccc(CC)cc1)C(=O)N=C2c1cccc(C(CC)CC)c1. The van der Waals surface area contributed by atoms with Crippen molar-refractivity contribution < 1.29 is 9.90 Å². The molecule has 0 bridgehead atoms. The Bertz CT molecular complexity index is 1220. The molecule has 0 radical (unpaired) electrons. The Labute approximate surface area is 202 Å². The summed E-state index contributed by atoms with van der Waals surface area (Å²) in [6.07, 6.45) is 4.13. The average molecular weight is 458 g/mol. The van der Waals surface area contributed by atoms with Crippen LogP contribution in [0, 0.1) is 0 Å². The van der Waals surface area contributed by atoms with Crippen molar-refractivity contribution in [3.05, 3.63) is 76.3 Å². The highest BCUT2D eigenvalue weighted by Gasteiger charge is 2.37. The molecule has 1 atom stereocenters. The lowest BCUT2D eigenvalue weighted by molar-refractivity contribution is 0.101. The molecule has 34 heavy (non-hydrogen) atoms. The van der Waals surface area contributed by atoms with Gasteiger partial charge in [-0.15, -0.1) is 0 Å². The van der Waals surface area contributed by atoms with Gasteiger partial charge in [-0.2, -0.15) is 0 Å². The first-order valence-electron chi connectivity index (χ1n) is 12.5. The van der Waals surface area contributed by atoms with Crippen LogP contribution in [0.2, 0.25) is 0 Å². The molecule has 2 aromatic carbocycles. The number of aliphatic imine (C=N–C) groups is 1. The summed E-state index contributed by atoms with van der Waals surface area (Å²) in [6, 6.07) is 16.3. The first kappa shape index (κ1) is 24.0.